The van der Waals surface area contributed by atoms with Crippen LogP contribution in [0.15, 0.2) is 24.5 Å². The van der Waals surface area contributed by atoms with Gasteiger partial charge in [-0.3, -0.25) is 5.41 Å². The second-order valence-electron chi connectivity index (χ2n) is 4.51. The van der Waals surface area contributed by atoms with Crippen molar-refractivity contribution in [1.29, 1.82) is 5.41 Å². The van der Waals surface area contributed by atoms with Crippen molar-refractivity contribution >= 4 is 24.2 Å². The van der Waals surface area contributed by atoms with E-state index in [1.807, 2.05) is 17.2 Å². The van der Waals surface area contributed by atoms with Crippen LogP contribution in [0.1, 0.15) is 16.8 Å². The summed E-state index contributed by atoms with van der Waals surface area (Å²) in [6, 6.07) is 3.55. The standard InChI is InChI=1S/C13H14N6O.ClH/c1-20-11-4-8-6-19(7-9(8)5-17-11)13-16-3-2-10(18-13)12(14)15;/h2-5H,6-7H2,1H3,(H3,14,15);1H. The predicted octanol–water partition coefficient (Wildman–Crippen LogP) is 1.11. The van der Waals surface area contributed by atoms with E-state index >= 15 is 0 Å². The highest BCUT2D eigenvalue weighted by molar-refractivity contribution is 5.93. The van der Waals surface area contributed by atoms with Crippen molar-refractivity contribution in [2.45, 2.75) is 13.1 Å². The first-order valence-electron chi connectivity index (χ1n) is 6.11. The molecular formula is C13H15ClN6O. The van der Waals surface area contributed by atoms with Crippen LogP contribution in [0.25, 0.3) is 0 Å². The molecule has 0 spiro atoms. The van der Waals surface area contributed by atoms with Crippen LogP contribution in [0.2, 0.25) is 0 Å². The van der Waals surface area contributed by atoms with Gasteiger partial charge >= 0.3 is 0 Å². The molecule has 2 aromatic heterocycles. The van der Waals surface area contributed by atoms with E-state index in [-0.39, 0.29) is 18.2 Å². The number of hydrogen-bond acceptors (Lipinski definition) is 6. The molecule has 0 fully saturated rings. The van der Waals surface area contributed by atoms with Crippen LogP contribution >= 0.6 is 12.4 Å². The maximum absolute atomic E-state index is 7.43. The van der Waals surface area contributed by atoms with Crippen molar-refractivity contribution in [2.75, 3.05) is 12.0 Å². The number of rotatable bonds is 3. The molecule has 0 saturated carbocycles. The molecule has 7 nitrogen and oxygen atoms in total. The van der Waals surface area contributed by atoms with E-state index in [4.69, 9.17) is 15.9 Å². The van der Waals surface area contributed by atoms with Crippen LogP contribution < -0.4 is 15.4 Å². The van der Waals surface area contributed by atoms with Gasteiger partial charge in [-0.1, -0.05) is 0 Å². The molecule has 0 radical (unpaired) electrons. The smallest absolute Gasteiger partial charge is 0.226 e. The SMILES string of the molecule is COc1cc2c(cn1)CN(c1nccc(C(=N)N)n1)C2.Cl. The number of amidine groups is 1. The Morgan fingerprint density at radius 1 is 1.33 bits per heavy atom. The molecule has 0 aliphatic carbocycles. The van der Waals surface area contributed by atoms with E-state index in [9.17, 15) is 0 Å². The van der Waals surface area contributed by atoms with Gasteiger partial charge in [-0.25, -0.2) is 15.0 Å². The van der Waals surface area contributed by atoms with Crippen LogP contribution in [0.4, 0.5) is 5.95 Å². The Morgan fingerprint density at radius 2 is 2.10 bits per heavy atom. The Labute approximate surface area is 128 Å². The third-order valence-corrected chi connectivity index (χ3v) is 3.19. The molecule has 3 N–H and O–H groups in total. The zero-order valence-corrected chi connectivity index (χ0v) is 12.2. The number of nitrogens with one attached hydrogen (secondary N) is 1. The van der Waals surface area contributed by atoms with Crippen LogP contribution in [0.5, 0.6) is 5.88 Å². The lowest BCUT2D eigenvalue weighted by Crippen LogP contribution is -2.20. The zero-order chi connectivity index (χ0) is 14.1. The van der Waals surface area contributed by atoms with Crippen molar-refractivity contribution in [2.24, 2.45) is 5.73 Å². The van der Waals surface area contributed by atoms with E-state index in [0.29, 0.717) is 30.6 Å². The molecule has 2 aromatic rings. The van der Waals surface area contributed by atoms with Gasteiger partial charge in [0.2, 0.25) is 11.8 Å². The van der Waals surface area contributed by atoms with Gasteiger partial charge in [0.1, 0.15) is 11.5 Å². The number of nitrogen functional groups attached to an aromatic ring is 1. The Morgan fingerprint density at radius 3 is 2.81 bits per heavy atom. The lowest BCUT2D eigenvalue weighted by atomic mass is 10.2. The fourth-order valence-corrected chi connectivity index (χ4v) is 2.16. The van der Waals surface area contributed by atoms with Crippen molar-refractivity contribution < 1.29 is 4.74 Å². The van der Waals surface area contributed by atoms with Gasteiger partial charge in [-0.15, -0.1) is 12.4 Å². The molecule has 0 unspecified atom stereocenters. The van der Waals surface area contributed by atoms with Crippen LogP contribution in [-0.4, -0.2) is 27.9 Å². The van der Waals surface area contributed by atoms with E-state index in [1.54, 1.807) is 19.4 Å². The number of pyridine rings is 1. The second-order valence-corrected chi connectivity index (χ2v) is 4.51. The molecule has 110 valence electrons. The van der Waals surface area contributed by atoms with E-state index in [1.165, 1.54) is 0 Å². The molecule has 0 saturated heterocycles. The first-order valence-corrected chi connectivity index (χ1v) is 6.11. The van der Waals surface area contributed by atoms with Gasteiger partial charge in [-0.05, 0) is 17.2 Å². The summed E-state index contributed by atoms with van der Waals surface area (Å²) in [6.07, 6.45) is 3.42. The van der Waals surface area contributed by atoms with Gasteiger partial charge in [0, 0.05) is 31.5 Å². The van der Waals surface area contributed by atoms with Gasteiger partial charge in [-0.2, -0.15) is 0 Å². The Balaban J connectivity index is 0.00000161. The predicted molar refractivity (Wildman–Crippen MR) is 81.0 cm³/mol. The molecule has 0 amide bonds. The monoisotopic (exact) mass is 306 g/mol. The fourth-order valence-electron chi connectivity index (χ4n) is 2.16. The summed E-state index contributed by atoms with van der Waals surface area (Å²) in [5.41, 5.74) is 8.16. The van der Waals surface area contributed by atoms with Crippen LogP contribution in [0, 0.1) is 5.41 Å². The number of halogens is 1. The summed E-state index contributed by atoms with van der Waals surface area (Å²) < 4.78 is 5.13. The van der Waals surface area contributed by atoms with Gasteiger partial charge in [0.05, 0.1) is 7.11 Å². The van der Waals surface area contributed by atoms with E-state index in [2.05, 4.69) is 15.0 Å². The number of ether oxygens (including phenoxy) is 1. The molecular weight excluding hydrogens is 292 g/mol. The molecule has 0 aromatic carbocycles. The van der Waals surface area contributed by atoms with Crippen LogP contribution in [0.3, 0.4) is 0 Å². The molecule has 1 aliphatic rings. The minimum absolute atomic E-state index is 0. The van der Waals surface area contributed by atoms with E-state index < -0.39 is 0 Å². The molecule has 0 bridgehead atoms. The number of anilines is 1. The minimum Gasteiger partial charge on any atom is -0.481 e. The Kier molecular flexibility index (Phi) is 4.23. The molecule has 0 atom stereocenters. The zero-order valence-electron chi connectivity index (χ0n) is 11.4. The highest BCUT2D eigenvalue weighted by Crippen LogP contribution is 2.27. The Bertz CT molecular complexity index is 677. The lowest BCUT2D eigenvalue weighted by Gasteiger charge is -2.15. The maximum atomic E-state index is 7.43. The third-order valence-electron chi connectivity index (χ3n) is 3.19. The van der Waals surface area contributed by atoms with Crippen molar-refractivity contribution in [3.63, 3.8) is 0 Å². The van der Waals surface area contributed by atoms with E-state index in [0.717, 1.165) is 11.1 Å². The normalized spacial score (nSPS) is 12.5. The summed E-state index contributed by atoms with van der Waals surface area (Å²) in [6.45, 7) is 1.38. The Hall–Kier alpha value is -2.41. The third kappa shape index (κ3) is 2.87. The average Bonchev–Trinajstić information content (AvgIpc) is 2.90. The average molecular weight is 307 g/mol. The first kappa shape index (κ1) is 15.0. The quantitative estimate of drug-likeness (QED) is 0.650. The number of methoxy groups -OCH3 is 1. The molecule has 1 aliphatic heterocycles. The minimum atomic E-state index is -0.0614. The summed E-state index contributed by atoms with van der Waals surface area (Å²) in [5, 5.41) is 7.43. The van der Waals surface area contributed by atoms with Gasteiger partial charge in [0.15, 0.2) is 0 Å². The summed E-state index contributed by atoms with van der Waals surface area (Å²) >= 11 is 0. The molecule has 3 heterocycles. The topological polar surface area (TPSA) is 101 Å². The van der Waals surface area contributed by atoms with Crippen molar-refractivity contribution in [3.05, 3.63) is 41.3 Å². The number of nitrogens with two attached hydrogens (primary N) is 1. The number of aromatic nitrogens is 3. The number of hydrogen-bond donors (Lipinski definition) is 2. The molecule has 8 heteroatoms. The summed E-state index contributed by atoms with van der Waals surface area (Å²) in [4.78, 5) is 14.7. The summed E-state index contributed by atoms with van der Waals surface area (Å²) in [5.74, 6) is 1.10. The highest BCUT2D eigenvalue weighted by Gasteiger charge is 2.22. The fraction of sp³-hybridized carbons (Fsp3) is 0.231. The lowest BCUT2D eigenvalue weighted by molar-refractivity contribution is 0.397. The largest absolute Gasteiger partial charge is 0.481 e. The molecule has 21 heavy (non-hydrogen) atoms. The van der Waals surface area contributed by atoms with Gasteiger partial charge < -0.3 is 15.4 Å². The first-order chi connectivity index (χ1) is 9.67. The van der Waals surface area contributed by atoms with Crippen molar-refractivity contribution in [1.82, 2.24) is 15.0 Å². The van der Waals surface area contributed by atoms with Crippen LogP contribution in [-0.2, 0) is 13.1 Å². The molecule has 3 rings (SSSR count). The number of nitrogens with zero attached hydrogens (tertiary/aromatic N) is 4. The number of fused-ring (bicyclic) bond motifs is 1. The second kappa shape index (κ2) is 5.92. The van der Waals surface area contributed by atoms with Crippen molar-refractivity contribution in [3.8, 4) is 5.88 Å². The summed E-state index contributed by atoms with van der Waals surface area (Å²) in [7, 11) is 1.60. The highest BCUT2D eigenvalue weighted by atomic mass is 35.5. The van der Waals surface area contributed by atoms with Gasteiger partial charge in [0.25, 0.3) is 0 Å². The maximum Gasteiger partial charge on any atom is 0.226 e.